The second kappa shape index (κ2) is 5.58. The van der Waals surface area contributed by atoms with E-state index in [1.807, 2.05) is 6.92 Å². The number of halogens is 1. The smallest absolute Gasteiger partial charge is 0.322 e. The van der Waals surface area contributed by atoms with E-state index in [0.717, 1.165) is 0 Å². The Balaban J connectivity index is 2.04. The van der Waals surface area contributed by atoms with Crippen LogP contribution in [0.25, 0.3) is 0 Å². The SMILES string of the molecule is CCOc1nc(Cl)nc(NCc2ncn(C)n2)n1. The monoisotopic (exact) mass is 269 g/mol. The molecule has 0 aromatic carbocycles. The van der Waals surface area contributed by atoms with Gasteiger partial charge in [0.1, 0.15) is 6.33 Å². The number of hydrogen-bond acceptors (Lipinski definition) is 7. The number of aromatic nitrogens is 6. The van der Waals surface area contributed by atoms with Gasteiger partial charge in [-0.25, -0.2) is 4.98 Å². The average molecular weight is 270 g/mol. The quantitative estimate of drug-likeness (QED) is 0.853. The Kier molecular flexibility index (Phi) is 3.88. The van der Waals surface area contributed by atoms with E-state index in [0.29, 0.717) is 24.9 Å². The molecule has 0 atom stereocenters. The lowest BCUT2D eigenvalue weighted by Crippen LogP contribution is -2.08. The number of nitrogens with zero attached hydrogens (tertiary/aromatic N) is 6. The van der Waals surface area contributed by atoms with Crippen molar-refractivity contribution in [3.63, 3.8) is 0 Å². The maximum Gasteiger partial charge on any atom is 0.322 e. The normalized spacial score (nSPS) is 10.4. The summed E-state index contributed by atoms with van der Waals surface area (Å²) in [6.07, 6.45) is 1.61. The zero-order chi connectivity index (χ0) is 13.0. The van der Waals surface area contributed by atoms with Crippen molar-refractivity contribution in [2.24, 2.45) is 7.05 Å². The number of rotatable bonds is 5. The molecule has 0 unspecified atom stereocenters. The summed E-state index contributed by atoms with van der Waals surface area (Å²) in [4.78, 5) is 15.9. The first-order chi connectivity index (χ1) is 8.67. The average Bonchev–Trinajstić information content (AvgIpc) is 2.72. The number of nitrogens with one attached hydrogen (secondary N) is 1. The van der Waals surface area contributed by atoms with Gasteiger partial charge in [0.15, 0.2) is 5.82 Å². The summed E-state index contributed by atoms with van der Waals surface area (Å²) in [5.41, 5.74) is 0. The lowest BCUT2D eigenvalue weighted by molar-refractivity contribution is 0.312. The fourth-order valence-corrected chi connectivity index (χ4v) is 1.38. The highest BCUT2D eigenvalue weighted by molar-refractivity contribution is 6.28. The Morgan fingerprint density at radius 1 is 1.39 bits per heavy atom. The Morgan fingerprint density at radius 2 is 2.22 bits per heavy atom. The molecule has 8 nitrogen and oxygen atoms in total. The van der Waals surface area contributed by atoms with Crippen molar-refractivity contribution in [3.8, 4) is 6.01 Å². The summed E-state index contributed by atoms with van der Waals surface area (Å²) in [5.74, 6) is 0.956. The van der Waals surface area contributed by atoms with Gasteiger partial charge in [0, 0.05) is 7.05 Å². The van der Waals surface area contributed by atoms with Crippen LogP contribution < -0.4 is 10.1 Å². The third-order valence-corrected chi connectivity index (χ3v) is 2.08. The predicted octanol–water partition coefficient (Wildman–Crippen LogP) is 0.664. The summed E-state index contributed by atoms with van der Waals surface area (Å²) < 4.78 is 6.78. The lowest BCUT2D eigenvalue weighted by atomic mass is 10.6. The van der Waals surface area contributed by atoms with Gasteiger partial charge in [-0.15, -0.1) is 0 Å². The van der Waals surface area contributed by atoms with Crippen LogP contribution in [-0.2, 0) is 13.6 Å². The Labute approximate surface area is 108 Å². The van der Waals surface area contributed by atoms with E-state index >= 15 is 0 Å². The van der Waals surface area contributed by atoms with Gasteiger partial charge in [-0.2, -0.15) is 20.1 Å². The van der Waals surface area contributed by atoms with Crippen LogP contribution in [0.3, 0.4) is 0 Å². The van der Waals surface area contributed by atoms with Gasteiger partial charge in [-0.3, -0.25) is 4.68 Å². The van der Waals surface area contributed by atoms with Crippen molar-refractivity contribution in [1.29, 1.82) is 0 Å². The number of hydrogen-bond donors (Lipinski definition) is 1. The van der Waals surface area contributed by atoms with E-state index in [9.17, 15) is 0 Å². The van der Waals surface area contributed by atoms with Gasteiger partial charge in [-0.05, 0) is 18.5 Å². The first kappa shape index (κ1) is 12.5. The molecule has 9 heteroatoms. The first-order valence-corrected chi connectivity index (χ1v) is 5.68. The minimum Gasteiger partial charge on any atom is -0.464 e. The summed E-state index contributed by atoms with van der Waals surface area (Å²) in [5, 5.41) is 7.14. The number of anilines is 1. The van der Waals surface area contributed by atoms with Crippen molar-refractivity contribution in [3.05, 3.63) is 17.4 Å². The summed E-state index contributed by atoms with van der Waals surface area (Å²) in [7, 11) is 1.80. The molecule has 0 aliphatic carbocycles. The van der Waals surface area contributed by atoms with Gasteiger partial charge in [0.05, 0.1) is 13.2 Å². The van der Waals surface area contributed by atoms with Gasteiger partial charge in [0.2, 0.25) is 11.2 Å². The first-order valence-electron chi connectivity index (χ1n) is 5.30. The van der Waals surface area contributed by atoms with Gasteiger partial charge >= 0.3 is 6.01 Å². The topological polar surface area (TPSA) is 90.6 Å². The Bertz CT molecular complexity index is 529. The molecule has 2 rings (SSSR count). The molecule has 0 bridgehead atoms. The van der Waals surface area contributed by atoms with Crippen LogP contribution in [0.5, 0.6) is 6.01 Å². The molecule has 1 N–H and O–H groups in total. The highest BCUT2D eigenvalue weighted by Gasteiger charge is 2.06. The van der Waals surface area contributed by atoms with Crippen LogP contribution in [0.2, 0.25) is 5.28 Å². The van der Waals surface area contributed by atoms with Gasteiger partial charge in [-0.1, -0.05) is 0 Å². The summed E-state index contributed by atoms with van der Waals surface area (Å²) in [6, 6.07) is 0.189. The van der Waals surface area contributed by atoms with Crippen molar-refractivity contribution >= 4 is 17.5 Å². The maximum atomic E-state index is 5.75. The molecule has 0 spiro atoms. The maximum absolute atomic E-state index is 5.75. The molecule has 0 aliphatic heterocycles. The zero-order valence-electron chi connectivity index (χ0n) is 9.96. The molecule has 0 amide bonds. The van der Waals surface area contributed by atoms with E-state index in [1.54, 1.807) is 18.1 Å². The molecule has 0 aliphatic rings. The van der Waals surface area contributed by atoms with Gasteiger partial charge < -0.3 is 10.1 Å². The molecular weight excluding hydrogens is 258 g/mol. The molecule has 2 aromatic heterocycles. The molecule has 18 heavy (non-hydrogen) atoms. The standard InChI is InChI=1S/C9H12ClN7O/c1-3-18-9-14-7(10)13-8(15-9)11-4-6-12-5-17(2)16-6/h5H,3-4H2,1-2H3,(H,11,13,14,15). The molecule has 2 aromatic rings. The van der Waals surface area contributed by atoms with Crippen LogP contribution in [0.1, 0.15) is 12.7 Å². The molecule has 0 fully saturated rings. The molecule has 0 saturated heterocycles. The second-order valence-electron chi connectivity index (χ2n) is 3.33. The second-order valence-corrected chi connectivity index (χ2v) is 3.67. The summed E-state index contributed by atoms with van der Waals surface area (Å²) in [6.45, 7) is 2.69. The lowest BCUT2D eigenvalue weighted by Gasteiger charge is -2.05. The Hall–Kier alpha value is -1.96. The third-order valence-electron chi connectivity index (χ3n) is 1.91. The highest BCUT2D eigenvalue weighted by atomic mass is 35.5. The van der Waals surface area contributed by atoms with Crippen LogP contribution in [-0.4, -0.2) is 36.3 Å². The molecular formula is C9H12ClN7O. The van der Waals surface area contributed by atoms with Crippen molar-refractivity contribution < 1.29 is 4.74 Å². The van der Waals surface area contributed by atoms with Crippen LogP contribution in [0.15, 0.2) is 6.33 Å². The van der Waals surface area contributed by atoms with Crippen LogP contribution in [0.4, 0.5) is 5.95 Å². The van der Waals surface area contributed by atoms with Crippen LogP contribution >= 0.6 is 11.6 Å². The largest absolute Gasteiger partial charge is 0.464 e. The zero-order valence-corrected chi connectivity index (χ0v) is 10.7. The van der Waals surface area contributed by atoms with E-state index in [-0.39, 0.29) is 11.3 Å². The molecule has 96 valence electrons. The van der Waals surface area contributed by atoms with Crippen molar-refractivity contribution in [2.45, 2.75) is 13.5 Å². The summed E-state index contributed by atoms with van der Waals surface area (Å²) >= 11 is 5.75. The molecule has 0 saturated carbocycles. The van der Waals surface area contributed by atoms with E-state index in [1.165, 1.54) is 0 Å². The Morgan fingerprint density at radius 3 is 2.89 bits per heavy atom. The van der Waals surface area contributed by atoms with E-state index < -0.39 is 0 Å². The molecule has 2 heterocycles. The number of ether oxygens (including phenoxy) is 1. The minimum atomic E-state index is 0.0740. The predicted molar refractivity (Wildman–Crippen MR) is 64.3 cm³/mol. The highest BCUT2D eigenvalue weighted by Crippen LogP contribution is 2.11. The third kappa shape index (κ3) is 3.27. The van der Waals surface area contributed by atoms with Crippen molar-refractivity contribution in [2.75, 3.05) is 11.9 Å². The van der Waals surface area contributed by atoms with Crippen molar-refractivity contribution in [1.82, 2.24) is 29.7 Å². The fraction of sp³-hybridized carbons (Fsp3) is 0.444. The fourth-order valence-electron chi connectivity index (χ4n) is 1.23. The van der Waals surface area contributed by atoms with E-state index in [2.05, 4.69) is 30.4 Å². The van der Waals surface area contributed by atoms with E-state index in [4.69, 9.17) is 16.3 Å². The minimum absolute atomic E-state index is 0.0740. The van der Waals surface area contributed by atoms with Crippen LogP contribution in [0, 0.1) is 0 Å². The number of aryl methyl sites for hydroxylation is 1. The van der Waals surface area contributed by atoms with Gasteiger partial charge in [0.25, 0.3) is 0 Å². The molecule has 0 radical (unpaired) electrons.